The van der Waals surface area contributed by atoms with Gasteiger partial charge in [-0.2, -0.15) is 0 Å². The van der Waals surface area contributed by atoms with Crippen molar-refractivity contribution in [3.8, 4) is 0 Å². The normalized spacial score (nSPS) is 21.7. The molecule has 0 spiro atoms. The zero-order valence-electron chi connectivity index (χ0n) is 15.3. The van der Waals surface area contributed by atoms with Crippen molar-refractivity contribution in [2.45, 2.75) is 38.0 Å². The molecule has 2 aliphatic rings. The van der Waals surface area contributed by atoms with Gasteiger partial charge in [-0.25, -0.2) is 0 Å². The first-order valence-electron chi connectivity index (χ1n) is 9.23. The molecule has 0 unspecified atom stereocenters. The number of carboxylic acid groups (broad SMARTS) is 1. The van der Waals surface area contributed by atoms with Crippen LogP contribution in [0, 0.1) is 12.3 Å². The van der Waals surface area contributed by atoms with Crippen molar-refractivity contribution in [1.29, 1.82) is 0 Å². The number of carbonyl (C=O) groups excluding carboxylic acids is 1. The van der Waals surface area contributed by atoms with Crippen molar-refractivity contribution >= 4 is 11.9 Å². The van der Waals surface area contributed by atoms with E-state index in [-0.39, 0.29) is 12.5 Å². The van der Waals surface area contributed by atoms with E-state index in [9.17, 15) is 14.7 Å². The minimum absolute atomic E-state index is 0.100. The summed E-state index contributed by atoms with van der Waals surface area (Å²) in [4.78, 5) is 25.0. The molecule has 0 aromatic heterocycles. The molecule has 0 radical (unpaired) electrons. The van der Waals surface area contributed by atoms with Crippen LogP contribution in [0.3, 0.4) is 0 Å². The van der Waals surface area contributed by atoms with Gasteiger partial charge in [0.25, 0.3) is 0 Å². The van der Waals surface area contributed by atoms with Crippen LogP contribution in [0.2, 0.25) is 0 Å². The van der Waals surface area contributed by atoms with Crippen molar-refractivity contribution in [3.05, 3.63) is 35.4 Å². The largest absolute Gasteiger partial charge is 0.481 e. The maximum atomic E-state index is 13.2. The first kappa shape index (κ1) is 18.9. The summed E-state index contributed by atoms with van der Waals surface area (Å²) in [5.74, 6) is -0.964. The van der Waals surface area contributed by atoms with Crippen molar-refractivity contribution in [2.24, 2.45) is 5.41 Å². The van der Waals surface area contributed by atoms with Crippen LogP contribution >= 0.6 is 0 Å². The Labute approximate surface area is 153 Å². The Bertz CT molecular complexity index is 643. The number of aliphatic carboxylic acids is 1. The molecule has 0 atom stereocenters. The second-order valence-corrected chi connectivity index (χ2v) is 7.44. The van der Waals surface area contributed by atoms with E-state index < -0.39 is 16.8 Å². The van der Waals surface area contributed by atoms with E-state index in [0.717, 1.165) is 11.1 Å². The Morgan fingerprint density at radius 3 is 2.08 bits per heavy atom. The number of hydrogen-bond acceptors (Lipinski definition) is 4. The van der Waals surface area contributed by atoms with Crippen LogP contribution in [0.25, 0.3) is 0 Å². The fourth-order valence-electron chi connectivity index (χ4n) is 3.89. The molecule has 142 valence electrons. The molecule has 26 heavy (non-hydrogen) atoms. The fourth-order valence-corrected chi connectivity index (χ4v) is 3.89. The highest BCUT2D eigenvalue weighted by atomic mass is 16.5. The van der Waals surface area contributed by atoms with Gasteiger partial charge in [0.05, 0.1) is 10.8 Å². The van der Waals surface area contributed by atoms with E-state index in [0.29, 0.717) is 52.1 Å². The van der Waals surface area contributed by atoms with Crippen LogP contribution < -0.4 is 5.32 Å². The van der Waals surface area contributed by atoms with Gasteiger partial charge in [-0.15, -0.1) is 0 Å². The third kappa shape index (κ3) is 3.62. The van der Waals surface area contributed by atoms with Gasteiger partial charge in [-0.05, 0) is 38.2 Å². The third-order valence-electron chi connectivity index (χ3n) is 5.88. The molecule has 6 heteroatoms. The summed E-state index contributed by atoms with van der Waals surface area (Å²) in [6.07, 6.45) is 2.04. The number of hydrogen-bond donors (Lipinski definition) is 2. The van der Waals surface area contributed by atoms with Crippen LogP contribution in [0.15, 0.2) is 24.3 Å². The summed E-state index contributed by atoms with van der Waals surface area (Å²) in [5, 5.41) is 12.7. The maximum Gasteiger partial charge on any atom is 0.311 e. The molecule has 0 saturated carbocycles. The predicted octanol–water partition coefficient (Wildman–Crippen LogP) is 2.04. The summed E-state index contributed by atoms with van der Waals surface area (Å²) in [6, 6.07) is 8.03. The minimum Gasteiger partial charge on any atom is -0.481 e. The third-order valence-corrected chi connectivity index (χ3v) is 5.88. The van der Waals surface area contributed by atoms with E-state index in [4.69, 9.17) is 9.47 Å². The molecule has 2 N–H and O–H groups in total. The quantitative estimate of drug-likeness (QED) is 0.838. The number of carboxylic acids is 1. The molecule has 1 aromatic rings. The first-order chi connectivity index (χ1) is 12.5. The van der Waals surface area contributed by atoms with Crippen LogP contribution in [0.1, 0.15) is 36.8 Å². The Morgan fingerprint density at radius 2 is 1.54 bits per heavy atom. The van der Waals surface area contributed by atoms with Gasteiger partial charge >= 0.3 is 5.97 Å². The lowest BCUT2D eigenvalue weighted by Crippen LogP contribution is -2.53. The monoisotopic (exact) mass is 361 g/mol. The predicted molar refractivity (Wildman–Crippen MR) is 96.0 cm³/mol. The highest BCUT2D eigenvalue weighted by molar-refractivity contribution is 5.89. The Hall–Kier alpha value is -1.92. The van der Waals surface area contributed by atoms with Crippen molar-refractivity contribution in [1.82, 2.24) is 5.32 Å². The van der Waals surface area contributed by atoms with E-state index in [1.54, 1.807) is 0 Å². The first-order valence-corrected chi connectivity index (χ1v) is 9.23. The second kappa shape index (κ2) is 7.76. The zero-order valence-corrected chi connectivity index (χ0v) is 15.3. The van der Waals surface area contributed by atoms with Gasteiger partial charge in [-0.3, -0.25) is 9.59 Å². The molecule has 1 amide bonds. The topological polar surface area (TPSA) is 84.9 Å². The highest BCUT2D eigenvalue weighted by Gasteiger charge is 2.45. The van der Waals surface area contributed by atoms with Gasteiger partial charge in [0.2, 0.25) is 5.91 Å². The average Bonchev–Trinajstić information content (AvgIpc) is 2.67. The van der Waals surface area contributed by atoms with E-state index in [2.05, 4.69) is 5.32 Å². The lowest BCUT2D eigenvalue weighted by Gasteiger charge is -2.38. The number of benzene rings is 1. The molecule has 2 heterocycles. The summed E-state index contributed by atoms with van der Waals surface area (Å²) < 4.78 is 10.8. The standard InChI is InChI=1S/C20H27NO5/c1-15-2-4-16(5-3-15)20(8-12-26-13-9-20)17(22)21-14-19(18(23)24)6-10-25-11-7-19/h2-5H,6-14H2,1H3,(H,21,22)(H,23,24). The zero-order chi connectivity index (χ0) is 18.6. The van der Waals surface area contributed by atoms with Crippen LogP contribution in [-0.4, -0.2) is 50.0 Å². The van der Waals surface area contributed by atoms with Crippen molar-refractivity contribution < 1.29 is 24.2 Å². The second-order valence-electron chi connectivity index (χ2n) is 7.44. The van der Waals surface area contributed by atoms with E-state index >= 15 is 0 Å². The highest BCUT2D eigenvalue weighted by Crippen LogP contribution is 2.36. The Kier molecular flexibility index (Phi) is 5.63. The molecule has 2 aliphatic heterocycles. The molecule has 2 saturated heterocycles. The molecular weight excluding hydrogens is 334 g/mol. The number of aryl methyl sites for hydroxylation is 1. The maximum absolute atomic E-state index is 13.2. The number of carbonyl (C=O) groups is 2. The van der Waals surface area contributed by atoms with Crippen molar-refractivity contribution in [3.63, 3.8) is 0 Å². The molecule has 2 fully saturated rings. The number of nitrogens with one attached hydrogen (secondary N) is 1. The minimum atomic E-state index is -0.937. The van der Waals surface area contributed by atoms with Gasteiger partial charge < -0.3 is 19.9 Å². The number of ether oxygens (including phenoxy) is 2. The molecular formula is C20H27NO5. The summed E-state index contributed by atoms with van der Waals surface area (Å²) in [7, 11) is 0. The summed E-state index contributed by atoms with van der Waals surface area (Å²) in [5.41, 5.74) is 0.522. The molecule has 6 nitrogen and oxygen atoms in total. The van der Waals surface area contributed by atoms with Gasteiger partial charge in [0.15, 0.2) is 0 Å². The fraction of sp³-hybridized carbons (Fsp3) is 0.600. The summed E-state index contributed by atoms with van der Waals surface area (Å²) in [6.45, 7) is 4.04. The number of rotatable bonds is 5. The molecule has 0 bridgehead atoms. The van der Waals surface area contributed by atoms with Crippen LogP contribution in [0.5, 0.6) is 0 Å². The number of amides is 1. The molecule has 0 aliphatic carbocycles. The molecule has 1 aromatic carbocycles. The van der Waals surface area contributed by atoms with Crippen LogP contribution in [-0.2, 0) is 24.5 Å². The van der Waals surface area contributed by atoms with Gasteiger partial charge in [0.1, 0.15) is 0 Å². The lowest BCUT2D eigenvalue weighted by atomic mass is 9.72. The van der Waals surface area contributed by atoms with Gasteiger partial charge in [0, 0.05) is 33.0 Å². The SMILES string of the molecule is Cc1ccc(C2(C(=O)NCC3(C(=O)O)CCOCC3)CCOCC2)cc1. The van der Waals surface area contributed by atoms with E-state index in [1.807, 2.05) is 31.2 Å². The van der Waals surface area contributed by atoms with Gasteiger partial charge in [-0.1, -0.05) is 29.8 Å². The summed E-state index contributed by atoms with van der Waals surface area (Å²) >= 11 is 0. The lowest BCUT2D eigenvalue weighted by molar-refractivity contribution is -0.155. The van der Waals surface area contributed by atoms with Crippen LogP contribution in [0.4, 0.5) is 0 Å². The van der Waals surface area contributed by atoms with Crippen molar-refractivity contribution in [2.75, 3.05) is 33.0 Å². The van der Waals surface area contributed by atoms with E-state index in [1.165, 1.54) is 0 Å². The Morgan fingerprint density at radius 1 is 1.00 bits per heavy atom. The molecule has 3 rings (SSSR count). The smallest absolute Gasteiger partial charge is 0.311 e. The Balaban J connectivity index is 1.79. The average molecular weight is 361 g/mol.